The molecule has 0 aliphatic heterocycles. The largest absolute Gasteiger partial charge is 0.396 e. The van der Waals surface area contributed by atoms with Gasteiger partial charge in [0.15, 0.2) is 21.5 Å². The molecule has 0 atom stereocenters. The molecule has 1 aromatic carbocycles. The molecule has 0 fully saturated rings. The van der Waals surface area contributed by atoms with Crippen molar-refractivity contribution in [2.45, 2.75) is 11.8 Å². The summed E-state index contributed by atoms with van der Waals surface area (Å²) in [4.78, 5) is -1.27. The molecule has 7 heteroatoms. The molecule has 0 aliphatic carbocycles. The van der Waals surface area contributed by atoms with Gasteiger partial charge >= 0.3 is 0 Å². The van der Waals surface area contributed by atoms with Crippen molar-refractivity contribution in [2.24, 2.45) is 0 Å². The lowest BCUT2D eigenvalue weighted by Crippen LogP contribution is -2.12. The van der Waals surface area contributed by atoms with Crippen molar-refractivity contribution >= 4 is 15.5 Å². The number of anilines is 1. The Hall–Kier alpha value is -1.24. The van der Waals surface area contributed by atoms with Crippen LogP contribution in [-0.2, 0) is 9.84 Å². The molecule has 84 valence electrons. The van der Waals surface area contributed by atoms with Crippen LogP contribution in [0.5, 0.6) is 0 Å². The zero-order valence-electron chi connectivity index (χ0n) is 7.72. The Balaban J connectivity index is 3.65. The highest BCUT2D eigenvalue weighted by Crippen LogP contribution is 2.26. The van der Waals surface area contributed by atoms with Gasteiger partial charge in [-0.3, -0.25) is 0 Å². The number of halogens is 3. The number of nitrogen functional groups attached to an aromatic ring is 1. The van der Waals surface area contributed by atoms with E-state index in [2.05, 4.69) is 0 Å². The third-order valence-electron chi connectivity index (χ3n) is 1.84. The fraction of sp³-hybridized carbons (Fsp3) is 0.250. The Labute approximate surface area is 84.6 Å². The minimum absolute atomic E-state index is 0.445. The molecule has 0 aliphatic rings. The molecule has 0 saturated carbocycles. The van der Waals surface area contributed by atoms with Crippen molar-refractivity contribution in [3.8, 4) is 0 Å². The second kappa shape index (κ2) is 3.73. The topological polar surface area (TPSA) is 60.2 Å². The first-order valence-electron chi connectivity index (χ1n) is 3.97. The molecule has 1 rings (SSSR count). The molecule has 0 saturated heterocycles. The average Bonchev–Trinajstić information content (AvgIpc) is 2.14. The summed E-state index contributed by atoms with van der Waals surface area (Å²) in [6.07, 6.45) is 0. The van der Waals surface area contributed by atoms with Crippen molar-refractivity contribution in [1.29, 1.82) is 0 Å². The van der Waals surface area contributed by atoms with Gasteiger partial charge in [0.25, 0.3) is 0 Å². The molecule has 0 aromatic heterocycles. The van der Waals surface area contributed by atoms with E-state index in [0.29, 0.717) is 6.07 Å². The zero-order valence-corrected chi connectivity index (χ0v) is 8.54. The third kappa shape index (κ3) is 1.92. The van der Waals surface area contributed by atoms with Gasteiger partial charge in [0, 0.05) is 6.07 Å². The molecule has 0 spiro atoms. The Kier molecular flexibility index (Phi) is 2.94. The lowest BCUT2D eigenvalue weighted by molar-refractivity contribution is 0.462. The van der Waals surface area contributed by atoms with Crippen LogP contribution in [0.1, 0.15) is 6.92 Å². The summed E-state index contributed by atoms with van der Waals surface area (Å²) in [6, 6.07) is 0.445. The lowest BCUT2D eigenvalue weighted by Gasteiger charge is -2.07. The van der Waals surface area contributed by atoms with Crippen molar-refractivity contribution in [1.82, 2.24) is 0 Å². The van der Waals surface area contributed by atoms with Crippen molar-refractivity contribution in [3.63, 3.8) is 0 Å². The van der Waals surface area contributed by atoms with Gasteiger partial charge in [-0.15, -0.1) is 0 Å². The van der Waals surface area contributed by atoms with Crippen molar-refractivity contribution < 1.29 is 21.6 Å². The Morgan fingerprint density at radius 3 is 2.27 bits per heavy atom. The van der Waals surface area contributed by atoms with Gasteiger partial charge in [-0.2, -0.15) is 0 Å². The number of benzene rings is 1. The predicted molar refractivity (Wildman–Crippen MR) is 48.5 cm³/mol. The van der Waals surface area contributed by atoms with Crippen molar-refractivity contribution in [3.05, 3.63) is 23.5 Å². The van der Waals surface area contributed by atoms with E-state index in [-0.39, 0.29) is 0 Å². The zero-order chi connectivity index (χ0) is 11.8. The summed E-state index contributed by atoms with van der Waals surface area (Å²) in [5.41, 5.74) is 4.16. The van der Waals surface area contributed by atoms with Crippen LogP contribution in [0, 0.1) is 17.5 Å². The minimum atomic E-state index is -4.14. The normalized spacial score (nSPS) is 11.7. The van der Waals surface area contributed by atoms with Gasteiger partial charge in [-0.05, 0) is 0 Å². The highest BCUT2D eigenvalue weighted by Gasteiger charge is 2.26. The molecule has 2 N–H and O–H groups in total. The van der Waals surface area contributed by atoms with Crippen LogP contribution in [0.2, 0.25) is 0 Å². The summed E-state index contributed by atoms with van der Waals surface area (Å²) in [5.74, 6) is -5.23. The van der Waals surface area contributed by atoms with Crippen LogP contribution in [0.25, 0.3) is 0 Å². The van der Waals surface area contributed by atoms with Gasteiger partial charge < -0.3 is 5.73 Å². The van der Waals surface area contributed by atoms with Crippen LogP contribution < -0.4 is 5.73 Å². The fourth-order valence-electron chi connectivity index (χ4n) is 1.03. The first kappa shape index (κ1) is 11.8. The Morgan fingerprint density at radius 2 is 1.80 bits per heavy atom. The van der Waals surface area contributed by atoms with E-state index in [1.54, 1.807) is 0 Å². The number of rotatable bonds is 2. The van der Waals surface area contributed by atoms with Gasteiger partial charge in [-0.1, -0.05) is 6.92 Å². The maximum Gasteiger partial charge on any atom is 0.184 e. The first-order valence-corrected chi connectivity index (χ1v) is 5.62. The maximum atomic E-state index is 13.1. The standard InChI is InChI=1S/C8H8F3NO2S/c1-2-15(13,14)8-4(9)3-5(12)6(10)7(8)11/h3H,2,12H2,1H3. The number of hydrogen-bond acceptors (Lipinski definition) is 3. The van der Waals surface area contributed by atoms with Crippen LogP contribution in [0.4, 0.5) is 18.9 Å². The molecule has 0 radical (unpaired) electrons. The lowest BCUT2D eigenvalue weighted by atomic mass is 10.3. The van der Waals surface area contributed by atoms with E-state index in [0.717, 1.165) is 0 Å². The summed E-state index contributed by atoms with van der Waals surface area (Å²) < 4.78 is 61.6. The second-order valence-electron chi connectivity index (χ2n) is 2.81. The summed E-state index contributed by atoms with van der Waals surface area (Å²) >= 11 is 0. The van der Waals surface area contributed by atoms with Gasteiger partial charge in [0.2, 0.25) is 0 Å². The first-order chi connectivity index (χ1) is 6.81. The summed E-state index contributed by atoms with van der Waals surface area (Å²) in [6.45, 7) is 1.20. The van der Waals surface area contributed by atoms with Gasteiger partial charge in [-0.25, -0.2) is 21.6 Å². The Bertz CT molecular complexity index is 499. The number of hydrogen-bond donors (Lipinski definition) is 1. The molecular weight excluding hydrogens is 231 g/mol. The molecule has 15 heavy (non-hydrogen) atoms. The highest BCUT2D eigenvalue weighted by molar-refractivity contribution is 7.91. The van der Waals surface area contributed by atoms with Crippen LogP contribution in [0.15, 0.2) is 11.0 Å². The van der Waals surface area contributed by atoms with Gasteiger partial charge in [0.1, 0.15) is 10.7 Å². The third-order valence-corrected chi connectivity index (χ3v) is 3.59. The van der Waals surface area contributed by atoms with E-state index >= 15 is 0 Å². The average molecular weight is 239 g/mol. The molecule has 3 nitrogen and oxygen atoms in total. The predicted octanol–water partition coefficient (Wildman–Crippen LogP) is 1.48. The van der Waals surface area contributed by atoms with Gasteiger partial charge in [0.05, 0.1) is 11.4 Å². The molecule has 0 heterocycles. The van der Waals surface area contributed by atoms with Crippen LogP contribution in [-0.4, -0.2) is 14.2 Å². The van der Waals surface area contributed by atoms with Crippen LogP contribution >= 0.6 is 0 Å². The van der Waals surface area contributed by atoms with Crippen molar-refractivity contribution in [2.75, 3.05) is 11.5 Å². The fourth-order valence-corrected chi connectivity index (χ4v) is 2.03. The number of nitrogens with two attached hydrogens (primary N) is 1. The van der Waals surface area contributed by atoms with E-state index in [1.165, 1.54) is 6.92 Å². The monoisotopic (exact) mass is 239 g/mol. The highest BCUT2D eigenvalue weighted by atomic mass is 32.2. The molecule has 0 unspecified atom stereocenters. The quantitative estimate of drug-likeness (QED) is 0.628. The molecule has 1 aromatic rings. The number of sulfone groups is 1. The molecular formula is C8H8F3NO2S. The minimum Gasteiger partial charge on any atom is -0.396 e. The van der Waals surface area contributed by atoms with E-state index in [4.69, 9.17) is 5.73 Å². The maximum absolute atomic E-state index is 13.1. The van der Waals surface area contributed by atoms with E-state index in [1.807, 2.05) is 0 Å². The van der Waals surface area contributed by atoms with E-state index in [9.17, 15) is 21.6 Å². The molecule has 0 amide bonds. The SMILES string of the molecule is CCS(=O)(=O)c1c(F)cc(N)c(F)c1F. The Morgan fingerprint density at radius 1 is 1.27 bits per heavy atom. The second-order valence-corrected chi connectivity index (χ2v) is 5.02. The van der Waals surface area contributed by atoms with Crippen LogP contribution in [0.3, 0.4) is 0 Å². The summed E-state index contributed by atoms with van der Waals surface area (Å²) in [7, 11) is -4.14. The smallest absolute Gasteiger partial charge is 0.184 e. The summed E-state index contributed by atoms with van der Waals surface area (Å²) in [5, 5.41) is 0. The van der Waals surface area contributed by atoms with E-state index < -0.39 is 43.6 Å². The molecule has 0 bridgehead atoms.